The van der Waals surface area contributed by atoms with Gasteiger partial charge in [0.2, 0.25) is 5.91 Å². The molecule has 6 heteroatoms. The number of nitrogens with one attached hydrogen (secondary N) is 1. The molecular weight excluding hydrogens is 815 g/mol. The molecule has 0 saturated carbocycles. The lowest BCUT2D eigenvalue weighted by atomic mass is 10.0. The molecule has 0 aromatic carbocycles. The summed E-state index contributed by atoms with van der Waals surface area (Å²) in [5.74, 6) is -0.131. The first-order chi connectivity index (χ1) is 32.5. The van der Waals surface area contributed by atoms with Crippen LogP contribution in [0.1, 0.15) is 309 Å². The highest BCUT2D eigenvalue weighted by molar-refractivity contribution is 5.76. The summed E-state index contributed by atoms with van der Waals surface area (Å²) in [6.45, 7) is 4.84. The van der Waals surface area contributed by atoms with E-state index in [4.69, 9.17) is 4.74 Å². The van der Waals surface area contributed by atoms with Crippen molar-refractivity contribution in [1.82, 2.24) is 5.32 Å². The number of carbonyl (C=O) groups excluding carboxylic acids is 2. The van der Waals surface area contributed by atoms with Crippen LogP contribution in [0.25, 0.3) is 0 Å². The molecule has 6 nitrogen and oxygen atoms in total. The van der Waals surface area contributed by atoms with E-state index in [1.165, 1.54) is 199 Å². The van der Waals surface area contributed by atoms with Gasteiger partial charge in [-0.05, 0) is 83.5 Å². The van der Waals surface area contributed by atoms with E-state index in [2.05, 4.69) is 43.5 Å². The number of esters is 1. The second-order valence-corrected chi connectivity index (χ2v) is 20.0. The molecule has 0 rings (SSSR count). The number of hydrogen-bond acceptors (Lipinski definition) is 5. The Morgan fingerprint density at radius 1 is 0.409 bits per heavy atom. The Morgan fingerprint density at radius 2 is 0.712 bits per heavy atom. The predicted octanol–water partition coefficient (Wildman–Crippen LogP) is 18.0. The Morgan fingerprint density at radius 3 is 1.08 bits per heavy atom. The molecule has 0 spiro atoms. The van der Waals surface area contributed by atoms with E-state index < -0.39 is 12.1 Å². The van der Waals surface area contributed by atoms with E-state index >= 15 is 0 Å². The largest absolute Gasteiger partial charge is 0.466 e. The van der Waals surface area contributed by atoms with Crippen LogP contribution in [0.2, 0.25) is 0 Å². The van der Waals surface area contributed by atoms with Gasteiger partial charge in [0, 0.05) is 12.8 Å². The molecule has 0 saturated heterocycles. The fraction of sp³-hybridized carbons (Fsp3) is 0.867. The summed E-state index contributed by atoms with van der Waals surface area (Å²) < 4.78 is 5.45. The molecule has 0 aromatic heterocycles. The Kier molecular flexibility index (Phi) is 54.1. The van der Waals surface area contributed by atoms with Gasteiger partial charge >= 0.3 is 5.97 Å². The van der Waals surface area contributed by atoms with Crippen molar-refractivity contribution in [3.8, 4) is 0 Å². The number of rotatable bonds is 54. The van der Waals surface area contributed by atoms with Crippen molar-refractivity contribution in [2.75, 3.05) is 13.2 Å². The third kappa shape index (κ3) is 51.5. The molecule has 0 bridgehead atoms. The number of aliphatic hydroxyl groups is 2. The Hall–Kier alpha value is -1.92. The first-order valence-electron chi connectivity index (χ1n) is 29.3. The number of carbonyl (C=O) groups is 2. The summed E-state index contributed by atoms with van der Waals surface area (Å²) in [5.41, 5.74) is 0. The summed E-state index contributed by atoms with van der Waals surface area (Å²) in [5, 5.41) is 23.1. The van der Waals surface area contributed by atoms with Crippen LogP contribution in [0.15, 0.2) is 36.5 Å². The van der Waals surface area contributed by atoms with Crippen LogP contribution in [0, 0.1) is 0 Å². The molecule has 2 unspecified atom stereocenters. The molecule has 2 atom stereocenters. The molecule has 0 aromatic rings. The zero-order chi connectivity index (χ0) is 47.9. The highest BCUT2D eigenvalue weighted by Gasteiger charge is 2.18. The number of allylic oxidation sites excluding steroid dienone is 5. The van der Waals surface area contributed by atoms with Gasteiger partial charge < -0.3 is 20.3 Å². The van der Waals surface area contributed by atoms with Gasteiger partial charge in [0.1, 0.15) is 0 Å². The number of hydrogen-bond donors (Lipinski definition) is 3. The summed E-state index contributed by atoms with van der Waals surface area (Å²) in [4.78, 5) is 24.5. The van der Waals surface area contributed by atoms with Crippen molar-refractivity contribution in [2.24, 2.45) is 0 Å². The molecular formula is C60H113NO5. The quantitative estimate of drug-likeness (QED) is 0.0321. The lowest BCUT2D eigenvalue weighted by Crippen LogP contribution is -2.45. The monoisotopic (exact) mass is 928 g/mol. The molecule has 66 heavy (non-hydrogen) atoms. The highest BCUT2D eigenvalue weighted by atomic mass is 16.5. The minimum absolute atomic E-state index is 0.0357. The van der Waals surface area contributed by atoms with Crippen LogP contribution in [0.5, 0.6) is 0 Å². The lowest BCUT2D eigenvalue weighted by Gasteiger charge is -2.20. The zero-order valence-electron chi connectivity index (χ0n) is 44.2. The van der Waals surface area contributed by atoms with Gasteiger partial charge in [-0.3, -0.25) is 9.59 Å². The maximum absolute atomic E-state index is 12.5. The van der Waals surface area contributed by atoms with E-state index in [-0.39, 0.29) is 18.5 Å². The summed E-state index contributed by atoms with van der Waals surface area (Å²) in [6.07, 6.45) is 68.8. The summed E-state index contributed by atoms with van der Waals surface area (Å²) in [7, 11) is 0. The zero-order valence-corrected chi connectivity index (χ0v) is 44.2. The lowest BCUT2D eigenvalue weighted by molar-refractivity contribution is -0.143. The van der Waals surface area contributed by atoms with E-state index in [1.54, 1.807) is 6.08 Å². The molecule has 3 N–H and O–H groups in total. The minimum atomic E-state index is -0.864. The van der Waals surface area contributed by atoms with Gasteiger partial charge in [-0.2, -0.15) is 0 Å². The third-order valence-electron chi connectivity index (χ3n) is 13.4. The van der Waals surface area contributed by atoms with Gasteiger partial charge in [-0.1, -0.05) is 249 Å². The van der Waals surface area contributed by atoms with Crippen molar-refractivity contribution < 1.29 is 24.5 Å². The molecule has 0 aliphatic rings. The Bertz CT molecular complexity index is 1070. The maximum Gasteiger partial charge on any atom is 0.305 e. The van der Waals surface area contributed by atoms with Gasteiger partial charge in [-0.25, -0.2) is 0 Å². The topological polar surface area (TPSA) is 95.9 Å². The number of ether oxygens (including phenoxy) is 1. The van der Waals surface area contributed by atoms with Crippen molar-refractivity contribution >= 4 is 11.9 Å². The SMILES string of the molecule is CCCCCCCCC/C=C\CCCCCCCCCC(=O)OCCCC/C=C\CCCCCCCC(=O)NC(CO)C(O)/C=C/CCCCCCCCCCCCCCCCCCCC. The van der Waals surface area contributed by atoms with Gasteiger partial charge in [0.05, 0.1) is 25.4 Å². The second-order valence-electron chi connectivity index (χ2n) is 20.0. The van der Waals surface area contributed by atoms with Crippen molar-refractivity contribution in [1.29, 1.82) is 0 Å². The summed E-state index contributed by atoms with van der Waals surface area (Å²) in [6, 6.07) is -0.650. The fourth-order valence-electron chi connectivity index (χ4n) is 8.86. The predicted molar refractivity (Wildman–Crippen MR) is 287 cm³/mol. The molecule has 388 valence electrons. The van der Waals surface area contributed by atoms with Crippen LogP contribution >= 0.6 is 0 Å². The second kappa shape index (κ2) is 55.7. The number of amides is 1. The maximum atomic E-state index is 12.5. The van der Waals surface area contributed by atoms with Crippen LogP contribution < -0.4 is 5.32 Å². The Labute approximate surface area is 411 Å². The van der Waals surface area contributed by atoms with Crippen LogP contribution in [-0.4, -0.2) is 47.4 Å². The first kappa shape index (κ1) is 64.1. The number of aliphatic hydroxyl groups excluding tert-OH is 2. The molecule has 0 fully saturated rings. The molecule has 1 amide bonds. The van der Waals surface area contributed by atoms with Crippen LogP contribution in [-0.2, 0) is 14.3 Å². The normalized spacial score (nSPS) is 12.8. The minimum Gasteiger partial charge on any atom is -0.466 e. The van der Waals surface area contributed by atoms with E-state index in [0.717, 1.165) is 83.5 Å². The van der Waals surface area contributed by atoms with E-state index in [0.29, 0.717) is 19.4 Å². The molecule has 0 aliphatic heterocycles. The van der Waals surface area contributed by atoms with E-state index in [1.807, 2.05) is 6.08 Å². The van der Waals surface area contributed by atoms with Gasteiger partial charge in [0.15, 0.2) is 0 Å². The van der Waals surface area contributed by atoms with Crippen molar-refractivity contribution in [3.05, 3.63) is 36.5 Å². The molecule has 0 heterocycles. The van der Waals surface area contributed by atoms with Crippen molar-refractivity contribution in [3.63, 3.8) is 0 Å². The van der Waals surface area contributed by atoms with Crippen LogP contribution in [0.4, 0.5) is 0 Å². The third-order valence-corrected chi connectivity index (χ3v) is 13.4. The average Bonchev–Trinajstić information content (AvgIpc) is 3.32. The average molecular weight is 929 g/mol. The van der Waals surface area contributed by atoms with Gasteiger partial charge in [0.25, 0.3) is 0 Å². The van der Waals surface area contributed by atoms with Gasteiger partial charge in [-0.15, -0.1) is 0 Å². The number of unbranched alkanes of at least 4 members (excludes halogenated alkanes) is 39. The smallest absolute Gasteiger partial charge is 0.305 e. The van der Waals surface area contributed by atoms with E-state index in [9.17, 15) is 19.8 Å². The molecule has 0 radical (unpaired) electrons. The highest BCUT2D eigenvalue weighted by Crippen LogP contribution is 2.16. The van der Waals surface area contributed by atoms with Crippen LogP contribution in [0.3, 0.4) is 0 Å². The Balaban J connectivity index is 3.53. The fourth-order valence-corrected chi connectivity index (χ4v) is 8.86. The standard InChI is InChI=1S/C60H113NO5/c1-3-5-7-9-11-13-15-17-19-21-23-24-25-27-29-32-36-40-44-48-52-58(63)57(56-62)61-59(64)53-49-45-41-37-33-31-35-39-43-47-51-55-66-60(65)54-50-46-42-38-34-30-28-26-22-20-18-16-14-12-10-8-6-4-2/h20,22,35,39,48,52,57-58,62-63H,3-19,21,23-34,36-38,40-47,49-51,53-56H2,1-2H3,(H,61,64)/b22-20-,39-35-,52-48+. The summed E-state index contributed by atoms with van der Waals surface area (Å²) >= 11 is 0. The molecule has 0 aliphatic carbocycles. The first-order valence-corrected chi connectivity index (χ1v) is 29.3. The van der Waals surface area contributed by atoms with Crippen molar-refractivity contribution in [2.45, 2.75) is 321 Å².